The third-order valence-corrected chi connectivity index (χ3v) is 2.44. The number of para-hydroxylation sites is 1. The maximum absolute atomic E-state index is 9.95. The first-order valence-electron chi connectivity index (χ1n) is 3.47. The van der Waals surface area contributed by atoms with Crippen LogP contribution in [0.3, 0.4) is 0 Å². The van der Waals surface area contributed by atoms with Gasteiger partial charge in [0.1, 0.15) is 11.3 Å². The number of carbonyl (C=O) groups excluding carboxylic acids is 1. The molecule has 1 aromatic heterocycles. The Kier molecular flexibility index (Phi) is 1.81. The van der Waals surface area contributed by atoms with Gasteiger partial charge in [-0.2, -0.15) is 0 Å². The van der Waals surface area contributed by atoms with Crippen LogP contribution in [0.5, 0.6) is 5.75 Å². The fraction of sp³-hybridized carbons (Fsp3) is 0. The summed E-state index contributed by atoms with van der Waals surface area (Å²) < 4.78 is 0.800. The van der Waals surface area contributed by atoms with Crippen LogP contribution in [0, 0.1) is 0 Å². The number of thiazole rings is 1. The lowest BCUT2D eigenvalue weighted by atomic mass is 10.3. The van der Waals surface area contributed by atoms with Gasteiger partial charge in [0.25, 0.3) is 0 Å². The zero-order valence-electron chi connectivity index (χ0n) is 6.39. The molecule has 0 aliphatic carbocycles. The van der Waals surface area contributed by atoms with E-state index in [1.165, 1.54) is 23.5 Å². The Labute approximate surface area is 77.2 Å². The Bertz CT molecular complexity index is 500. The lowest BCUT2D eigenvalue weighted by Gasteiger charge is -1.89. The molecule has 0 saturated heterocycles. The van der Waals surface area contributed by atoms with Crippen LogP contribution in [-0.4, -0.2) is 16.2 Å². The van der Waals surface area contributed by atoms with Crippen LogP contribution in [0.4, 0.5) is 5.13 Å². The minimum atomic E-state index is 0.0982. The van der Waals surface area contributed by atoms with Crippen molar-refractivity contribution in [3.63, 3.8) is 0 Å². The molecule has 1 heterocycles. The number of hydrogen-bond donors (Lipinski definition) is 1. The van der Waals surface area contributed by atoms with Crippen molar-refractivity contribution >= 4 is 32.8 Å². The number of phenolic OH excluding ortho intramolecular Hbond substituents is 1. The van der Waals surface area contributed by atoms with Gasteiger partial charge in [-0.3, -0.25) is 0 Å². The van der Waals surface area contributed by atoms with Gasteiger partial charge in [0.2, 0.25) is 11.2 Å². The van der Waals surface area contributed by atoms with Gasteiger partial charge in [-0.05, 0) is 12.1 Å². The first-order valence-corrected chi connectivity index (χ1v) is 4.29. The summed E-state index contributed by atoms with van der Waals surface area (Å²) in [5, 5.41) is 9.67. The monoisotopic (exact) mass is 192 g/mol. The predicted octanol–water partition coefficient (Wildman–Crippen LogP) is 1.97. The molecule has 4 nitrogen and oxygen atoms in total. The van der Waals surface area contributed by atoms with E-state index in [2.05, 4.69) is 9.98 Å². The van der Waals surface area contributed by atoms with Gasteiger partial charge in [0.15, 0.2) is 0 Å². The van der Waals surface area contributed by atoms with E-state index in [-0.39, 0.29) is 5.75 Å². The summed E-state index contributed by atoms with van der Waals surface area (Å²) in [6.45, 7) is 0. The number of isocyanates is 1. The van der Waals surface area contributed by atoms with Crippen molar-refractivity contribution in [2.45, 2.75) is 0 Å². The highest BCUT2D eigenvalue weighted by Crippen LogP contribution is 2.32. The van der Waals surface area contributed by atoms with Crippen LogP contribution in [0.1, 0.15) is 0 Å². The SMILES string of the molecule is O=C=Nc1nc2c(O)cccc2s1. The molecule has 2 aromatic rings. The largest absolute Gasteiger partial charge is 0.506 e. The topological polar surface area (TPSA) is 62.5 Å². The first-order chi connectivity index (χ1) is 6.31. The molecular weight excluding hydrogens is 188 g/mol. The summed E-state index contributed by atoms with van der Waals surface area (Å²) >= 11 is 1.24. The fourth-order valence-corrected chi connectivity index (χ4v) is 1.82. The highest BCUT2D eigenvalue weighted by atomic mass is 32.1. The number of rotatable bonds is 1. The Hall–Kier alpha value is -1.71. The molecule has 0 unspecified atom stereocenters. The van der Waals surface area contributed by atoms with Gasteiger partial charge in [0, 0.05) is 0 Å². The number of aromatic hydroxyl groups is 1. The normalized spacial score (nSPS) is 9.85. The van der Waals surface area contributed by atoms with Gasteiger partial charge in [-0.25, -0.2) is 9.78 Å². The van der Waals surface area contributed by atoms with E-state index in [4.69, 9.17) is 0 Å². The average Bonchev–Trinajstić information content (AvgIpc) is 2.49. The molecule has 0 amide bonds. The molecule has 0 bridgehead atoms. The van der Waals surface area contributed by atoms with Crippen molar-refractivity contribution in [2.75, 3.05) is 0 Å². The summed E-state index contributed by atoms with van der Waals surface area (Å²) in [5.41, 5.74) is 0.474. The molecule has 2 rings (SSSR count). The Morgan fingerprint density at radius 3 is 3.08 bits per heavy atom. The van der Waals surface area contributed by atoms with Crippen LogP contribution in [0.15, 0.2) is 23.2 Å². The summed E-state index contributed by atoms with van der Waals surface area (Å²) in [5.74, 6) is 0.0982. The Balaban J connectivity index is 2.75. The van der Waals surface area contributed by atoms with Gasteiger partial charge >= 0.3 is 0 Å². The van der Waals surface area contributed by atoms with E-state index in [0.717, 1.165) is 4.70 Å². The van der Waals surface area contributed by atoms with E-state index in [0.29, 0.717) is 10.6 Å². The number of nitrogens with zero attached hydrogens (tertiary/aromatic N) is 2. The van der Waals surface area contributed by atoms with Gasteiger partial charge in [0.05, 0.1) is 4.70 Å². The lowest BCUT2D eigenvalue weighted by Crippen LogP contribution is -1.68. The number of phenols is 1. The zero-order valence-corrected chi connectivity index (χ0v) is 7.21. The second-order valence-corrected chi connectivity index (χ2v) is 3.33. The second kappa shape index (κ2) is 2.97. The van der Waals surface area contributed by atoms with Crippen LogP contribution >= 0.6 is 11.3 Å². The van der Waals surface area contributed by atoms with Crippen molar-refractivity contribution in [1.82, 2.24) is 4.98 Å². The predicted molar refractivity (Wildman–Crippen MR) is 49.1 cm³/mol. The van der Waals surface area contributed by atoms with Crippen molar-refractivity contribution in [1.29, 1.82) is 0 Å². The average molecular weight is 192 g/mol. The van der Waals surface area contributed by atoms with Gasteiger partial charge in [-0.1, -0.05) is 17.4 Å². The number of aliphatic imine (C=N–C) groups is 1. The summed E-state index contributed by atoms with van der Waals surface area (Å²) in [4.78, 5) is 17.3. The molecule has 5 heteroatoms. The smallest absolute Gasteiger partial charge is 0.242 e. The standard InChI is InChI=1S/C8H4N2O2S/c11-4-9-8-10-7-5(12)2-1-3-6(7)13-8/h1-3,12H. The molecule has 1 N–H and O–H groups in total. The third-order valence-electron chi connectivity index (χ3n) is 1.53. The van der Waals surface area contributed by atoms with Crippen molar-refractivity contribution in [3.8, 4) is 5.75 Å². The number of hydrogen-bond acceptors (Lipinski definition) is 5. The molecule has 13 heavy (non-hydrogen) atoms. The lowest BCUT2D eigenvalue weighted by molar-refractivity contribution is 0.480. The molecule has 0 saturated carbocycles. The minimum Gasteiger partial charge on any atom is -0.506 e. The molecule has 0 spiro atoms. The molecule has 0 aliphatic heterocycles. The van der Waals surface area contributed by atoms with Crippen molar-refractivity contribution < 1.29 is 9.90 Å². The van der Waals surface area contributed by atoms with Crippen LogP contribution in [0.25, 0.3) is 10.2 Å². The third kappa shape index (κ3) is 1.30. The highest BCUT2D eigenvalue weighted by Gasteiger charge is 2.05. The summed E-state index contributed by atoms with van der Waals surface area (Å²) in [7, 11) is 0. The fourth-order valence-electron chi connectivity index (χ4n) is 1.01. The minimum absolute atomic E-state index is 0.0982. The van der Waals surface area contributed by atoms with Gasteiger partial charge < -0.3 is 5.11 Å². The molecule has 64 valence electrons. The van der Waals surface area contributed by atoms with E-state index < -0.39 is 0 Å². The quantitative estimate of drug-likeness (QED) is 0.555. The van der Waals surface area contributed by atoms with E-state index in [1.807, 2.05) is 0 Å². The first kappa shape index (κ1) is 7.91. The number of fused-ring (bicyclic) bond motifs is 1. The summed E-state index contributed by atoms with van der Waals surface area (Å²) in [6.07, 6.45) is 1.41. The van der Waals surface area contributed by atoms with Crippen molar-refractivity contribution in [3.05, 3.63) is 18.2 Å². The molecule has 0 atom stereocenters. The Morgan fingerprint density at radius 1 is 1.54 bits per heavy atom. The molecular formula is C8H4N2O2S. The summed E-state index contributed by atoms with van der Waals surface area (Å²) in [6, 6.07) is 5.05. The van der Waals surface area contributed by atoms with Crippen LogP contribution in [-0.2, 0) is 4.79 Å². The number of aromatic nitrogens is 1. The van der Waals surface area contributed by atoms with Crippen molar-refractivity contribution in [2.24, 2.45) is 4.99 Å². The molecule has 0 fully saturated rings. The molecule has 0 radical (unpaired) electrons. The maximum Gasteiger partial charge on any atom is 0.242 e. The zero-order chi connectivity index (χ0) is 9.26. The highest BCUT2D eigenvalue weighted by molar-refractivity contribution is 7.22. The van der Waals surface area contributed by atoms with E-state index in [9.17, 15) is 9.90 Å². The molecule has 1 aromatic carbocycles. The van der Waals surface area contributed by atoms with Crippen LogP contribution in [0.2, 0.25) is 0 Å². The van der Waals surface area contributed by atoms with Crippen LogP contribution < -0.4 is 0 Å². The Morgan fingerprint density at radius 2 is 2.38 bits per heavy atom. The maximum atomic E-state index is 9.95. The second-order valence-electron chi connectivity index (χ2n) is 2.32. The van der Waals surface area contributed by atoms with E-state index in [1.54, 1.807) is 12.1 Å². The number of benzene rings is 1. The van der Waals surface area contributed by atoms with E-state index >= 15 is 0 Å². The molecule has 0 aliphatic rings. The van der Waals surface area contributed by atoms with Gasteiger partial charge in [-0.15, -0.1) is 4.99 Å².